The molecule has 0 saturated heterocycles. The molecule has 0 radical (unpaired) electrons. The van der Waals surface area contributed by atoms with Gasteiger partial charge in [0, 0.05) is 35.6 Å². The number of nitriles is 1. The van der Waals surface area contributed by atoms with Gasteiger partial charge in [0.25, 0.3) is 6.43 Å². The maximum absolute atomic E-state index is 14.0. The summed E-state index contributed by atoms with van der Waals surface area (Å²) >= 11 is 6.79. The van der Waals surface area contributed by atoms with Gasteiger partial charge in [0.2, 0.25) is 0 Å². The van der Waals surface area contributed by atoms with Crippen molar-refractivity contribution in [3.05, 3.63) is 82.7 Å². The molecular weight excluding hydrogens is 586 g/mol. The van der Waals surface area contributed by atoms with E-state index >= 15 is 0 Å². The van der Waals surface area contributed by atoms with Gasteiger partial charge in [-0.05, 0) is 48.4 Å². The average Bonchev–Trinajstić information content (AvgIpc) is 3.36. The van der Waals surface area contributed by atoms with Gasteiger partial charge in [-0.15, -0.1) is 5.53 Å². The van der Waals surface area contributed by atoms with Crippen molar-refractivity contribution in [3.63, 3.8) is 0 Å². The van der Waals surface area contributed by atoms with Crippen LogP contribution >= 0.6 is 11.6 Å². The van der Waals surface area contributed by atoms with Gasteiger partial charge in [0.1, 0.15) is 11.6 Å². The Morgan fingerprint density at radius 1 is 1.23 bits per heavy atom. The zero-order chi connectivity index (χ0) is 31.2. The Kier molecular flexibility index (Phi) is 7.59. The summed E-state index contributed by atoms with van der Waals surface area (Å²) in [6.07, 6.45) is 4.53. The first-order valence-electron chi connectivity index (χ1n) is 14.3. The molecule has 0 spiro atoms. The minimum Gasteiger partial charge on any atom is -0.444 e. The molecule has 1 aliphatic heterocycles. The van der Waals surface area contributed by atoms with Crippen molar-refractivity contribution in [2.75, 3.05) is 17.2 Å². The minimum atomic E-state index is -2.50. The van der Waals surface area contributed by atoms with E-state index in [1.54, 1.807) is 18.5 Å². The first kappa shape index (κ1) is 29.7. The standard InChI is InChI=1S/C32H33ClF2N8O/c1-18-21(26-14-37-17-44-26)6-5-7-22(18)29(25-15-43(42-41-25)32(8-9-32)30(34)35)40-20-10-23-27(39-16-31(2,3)4)19(12-36)13-38-28(23)24(33)11-20/h5-7,10-11,13-15,17,29-30,40-42H,8-9,16H2,1-4H3,(H,38,39)/t29-/m0/s1. The van der Waals surface area contributed by atoms with E-state index in [0.29, 0.717) is 63.7 Å². The molecule has 12 heteroatoms. The normalized spacial score (nSPS) is 16.4. The fraction of sp³-hybridized carbons (Fsp3) is 0.344. The minimum absolute atomic E-state index is 0.0459. The summed E-state index contributed by atoms with van der Waals surface area (Å²) < 4.78 is 33.6. The van der Waals surface area contributed by atoms with Crippen molar-refractivity contribution in [1.82, 2.24) is 25.9 Å². The van der Waals surface area contributed by atoms with E-state index < -0.39 is 18.0 Å². The van der Waals surface area contributed by atoms with E-state index in [1.165, 1.54) is 17.6 Å². The summed E-state index contributed by atoms with van der Waals surface area (Å²) in [4.78, 5) is 8.54. The third-order valence-corrected chi connectivity index (χ3v) is 8.37. The summed E-state index contributed by atoms with van der Waals surface area (Å²) in [7, 11) is 0. The Morgan fingerprint density at radius 2 is 2.02 bits per heavy atom. The molecule has 3 heterocycles. The van der Waals surface area contributed by atoms with Gasteiger partial charge < -0.3 is 20.5 Å². The van der Waals surface area contributed by atoms with Crippen LogP contribution in [0.1, 0.15) is 56.3 Å². The summed E-state index contributed by atoms with van der Waals surface area (Å²) in [5.74, 6) is 0.615. The topological polar surface area (TPSA) is 114 Å². The molecule has 0 amide bonds. The molecular formula is C32H33ClF2N8O. The Hall–Kier alpha value is -4.40. The Balaban J connectivity index is 1.45. The third-order valence-electron chi connectivity index (χ3n) is 8.08. The van der Waals surface area contributed by atoms with Gasteiger partial charge >= 0.3 is 0 Å². The molecule has 2 aliphatic rings. The van der Waals surface area contributed by atoms with Crippen molar-refractivity contribution in [3.8, 4) is 17.4 Å². The fourth-order valence-corrected chi connectivity index (χ4v) is 5.72. The van der Waals surface area contributed by atoms with Crippen molar-refractivity contribution < 1.29 is 13.2 Å². The highest BCUT2D eigenvalue weighted by molar-refractivity contribution is 6.35. The lowest BCUT2D eigenvalue weighted by Crippen LogP contribution is -2.48. The van der Waals surface area contributed by atoms with Gasteiger partial charge in [-0.2, -0.15) is 5.26 Å². The van der Waals surface area contributed by atoms with Crippen LogP contribution in [0.4, 0.5) is 20.2 Å². The highest BCUT2D eigenvalue weighted by Gasteiger charge is 2.56. The molecule has 1 atom stereocenters. The SMILES string of the molecule is Cc1c(-c2cnco2)cccc1[C@H](Nc1cc(Cl)c2ncc(C#N)c(NCC(C)(C)C)c2c1)C1=CN(C2(C(F)F)CC2)NN1. The van der Waals surface area contributed by atoms with Gasteiger partial charge in [-0.25, -0.2) is 13.8 Å². The Bertz CT molecular complexity index is 1770. The van der Waals surface area contributed by atoms with Gasteiger partial charge in [0.15, 0.2) is 12.2 Å². The van der Waals surface area contributed by atoms with Crippen LogP contribution in [0.3, 0.4) is 0 Å². The Morgan fingerprint density at radius 3 is 2.68 bits per heavy atom. The van der Waals surface area contributed by atoms with Crippen LogP contribution in [0.25, 0.3) is 22.2 Å². The first-order valence-corrected chi connectivity index (χ1v) is 14.7. The number of hydrogen-bond acceptors (Lipinski definition) is 9. The van der Waals surface area contributed by atoms with Crippen LogP contribution in [0.15, 0.2) is 65.4 Å². The number of hydrogen-bond donors (Lipinski definition) is 4. The number of halogens is 3. The maximum Gasteiger partial charge on any atom is 0.262 e. The number of alkyl halides is 2. The number of oxazole rings is 1. The second-order valence-corrected chi connectivity index (χ2v) is 12.9. The Labute approximate surface area is 259 Å². The van der Waals surface area contributed by atoms with Crippen molar-refractivity contribution in [2.45, 2.75) is 58.5 Å². The van der Waals surface area contributed by atoms with Gasteiger partial charge in [0.05, 0.1) is 39.7 Å². The fourth-order valence-electron chi connectivity index (χ4n) is 5.45. The monoisotopic (exact) mass is 618 g/mol. The zero-order valence-corrected chi connectivity index (χ0v) is 25.6. The van der Waals surface area contributed by atoms with Crippen LogP contribution in [0.5, 0.6) is 0 Å². The summed E-state index contributed by atoms with van der Waals surface area (Å²) in [6.45, 7) is 8.92. The summed E-state index contributed by atoms with van der Waals surface area (Å²) in [6, 6.07) is 11.3. The number of fused-ring (bicyclic) bond motifs is 1. The predicted octanol–water partition coefficient (Wildman–Crippen LogP) is 7.30. The number of benzene rings is 2. The third kappa shape index (κ3) is 5.51. The second-order valence-electron chi connectivity index (χ2n) is 12.5. The maximum atomic E-state index is 14.0. The molecule has 2 aromatic carbocycles. The highest BCUT2D eigenvalue weighted by Crippen LogP contribution is 2.47. The average molecular weight is 619 g/mol. The van der Waals surface area contributed by atoms with E-state index in [4.69, 9.17) is 16.0 Å². The second kappa shape index (κ2) is 11.3. The van der Waals surface area contributed by atoms with Crippen LogP contribution in [0, 0.1) is 23.7 Å². The van der Waals surface area contributed by atoms with Crippen LogP contribution < -0.4 is 21.6 Å². The van der Waals surface area contributed by atoms with Crippen molar-refractivity contribution in [1.29, 1.82) is 5.26 Å². The zero-order valence-electron chi connectivity index (χ0n) is 24.8. The molecule has 0 bridgehead atoms. The molecule has 2 aromatic heterocycles. The molecule has 1 fully saturated rings. The van der Waals surface area contributed by atoms with E-state index in [2.05, 4.69) is 58.4 Å². The summed E-state index contributed by atoms with van der Waals surface area (Å²) in [5, 5.41) is 19.5. The lowest BCUT2D eigenvalue weighted by molar-refractivity contribution is 0.00911. The molecule has 4 aromatic rings. The van der Waals surface area contributed by atoms with Gasteiger partial charge in [-0.1, -0.05) is 50.6 Å². The molecule has 9 nitrogen and oxygen atoms in total. The highest BCUT2D eigenvalue weighted by atomic mass is 35.5. The quantitative estimate of drug-likeness (QED) is 0.153. The lowest BCUT2D eigenvalue weighted by atomic mass is 9.93. The number of rotatable bonds is 9. The largest absolute Gasteiger partial charge is 0.444 e. The van der Waals surface area contributed by atoms with E-state index in [-0.39, 0.29) is 5.41 Å². The number of aromatic nitrogens is 2. The smallest absolute Gasteiger partial charge is 0.262 e. The van der Waals surface area contributed by atoms with Crippen molar-refractivity contribution in [2.24, 2.45) is 5.41 Å². The number of pyridine rings is 1. The molecule has 44 heavy (non-hydrogen) atoms. The van der Waals surface area contributed by atoms with E-state index in [9.17, 15) is 14.0 Å². The molecule has 1 aliphatic carbocycles. The van der Waals surface area contributed by atoms with Crippen LogP contribution in [-0.2, 0) is 0 Å². The van der Waals surface area contributed by atoms with Crippen LogP contribution in [-0.4, -0.2) is 33.5 Å². The number of nitrogens with one attached hydrogen (secondary N) is 4. The lowest BCUT2D eigenvalue weighted by Gasteiger charge is -2.25. The van der Waals surface area contributed by atoms with Crippen LogP contribution in [0.2, 0.25) is 5.02 Å². The molecule has 1 saturated carbocycles. The molecule has 6 rings (SSSR count). The molecule has 4 N–H and O–H groups in total. The first-order chi connectivity index (χ1) is 21.0. The molecule has 0 unspecified atom stereocenters. The number of anilines is 2. The predicted molar refractivity (Wildman–Crippen MR) is 167 cm³/mol. The summed E-state index contributed by atoms with van der Waals surface area (Å²) in [5.41, 5.74) is 10.4. The number of nitrogens with zero attached hydrogens (tertiary/aromatic N) is 4. The van der Waals surface area contributed by atoms with E-state index in [0.717, 1.165) is 16.7 Å². The van der Waals surface area contributed by atoms with Crippen molar-refractivity contribution >= 4 is 33.9 Å². The number of hydrazine groups is 2. The van der Waals surface area contributed by atoms with Gasteiger partial charge in [-0.3, -0.25) is 9.99 Å². The van der Waals surface area contributed by atoms with E-state index in [1.807, 2.05) is 31.2 Å². The molecule has 228 valence electrons.